The molecule has 2 aliphatic rings. The fourth-order valence-corrected chi connectivity index (χ4v) is 3.99. The van der Waals surface area contributed by atoms with Crippen LogP contribution in [-0.4, -0.2) is 48.6 Å². The topological polar surface area (TPSA) is 74.6 Å². The summed E-state index contributed by atoms with van der Waals surface area (Å²) in [6.45, 7) is 3.00. The summed E-state index contributed by atoms with van der Waals surface area (Å²) in [7, 11) is 0. The number of fused-ring (bicyclic) bond motifs is 2. The first-order chi connectivity index (χ1) is 13.8. The lowest BCUT2D eigenvalue weighted by atomic mass is 9.97. The van der Waals surface area contributed by atoms with Gasteiger partial charge in [0.05, 0.1) is 0 Å². The van der Waals surface area contributed by atoms with Crippen LogP contribution in [0, 0.1) is 5.92 Å². The molecule has 9 heteroatoms. The summed E-state index contributed by atoms with van der Waals surface area (Å²) in [5, 5.41) is 4.80. The zero-order valence-corrected chi connectivity index (χ0v) is 15.5. The Hall–Kier alpha value is -2.81. The second-order valence-electron chi connectivity index (χ2n) is 7.52. The van der Waals surface area contributed by atoms with Gasteiger partial charge in [0.1, 0.15) is 5.76 Å². The van der Waals surface area contributed by atoms with E-state index in [4.69, 9.17) is 4.42 Å². The zero-order valence-electron chi connectivity index (χ0n) is 15.5. The van der Waals surface area contributed by atoms with E-state index in [0.717, 1.165) is 26.1 Å². The molecule has 0 spiro atoms. The minimum absolute atomic E-state index is 0.0149. The van der Waals surface area contributed by atoms with Crippen molar-refractivity contribution in [1.29, 1.82) is 0 Å². The van der Waals surface area contributed by atoms with Crippen molar-refractivity contribution in [3.05, 3.63) is 42.2 Å². The van der Waals surface area contributed by atoms with Gasteiger partial charge in [-0.05, 0) is 49.6 Å². The molecule has 2 saturated heterocycles. The van der Waals surface area contributed by atoms with Crippen molar-refractivity contribution < 1.29 is 27.2 Å². The molecule has 1 aromatic carbocycles. The number of piperidine rings is 1. The number of amides is 2. The molecule has 4 rings (SSSR count). The van der Waals surface area contributed by atoms with E-state index in [0.29, 0.717) is 17.2 Å². The predicted octanol–water partition coefficient (Wildman–Crippen LogP) is 3.27. The molecule has 0 saturated carbocycles. The van der Waals surface area contributed by atoms with Crippen LogP contribution >= 0.6 is 0 Å². The lowest BCUT2D eigenvalue weighted by Gasteiger charge is -2.30. The molecule has 2 amide bonds. The lowest BCUT2D eigenvalue weighted by molar-refractivity contribution is -0.167. The van der Waals surface area contributed by atoms with Crippen molar-refractivity contribution in [2.45, 2.75) is 25.1 Å². The third-order valence-electron chi connectivity index (χ3n) is 5.29. The average Bonchev–Trinajstić information content (AvgIpc) is 3.28. The Morgan fingerprint density at radius 2 is 1.97 bits per heavy atom. The van der Waals surface area contributed by atoms with E-state index in [1.54, 1.807) is 17.4 Å². The van der Waals surface area contributed by atoms with Crippen LogP contribution in [0.5, 0.6) is 0 Å². The van der Waals surface area contributed by atoms with Crippen LogP contribution in [-0.2, 0) is 4.79 Å². The van der Waals surface area contributed by atoms with E-state index >= 15 is 0 Å². The van der Waals surface area contributed by atoms with Gasteiger partial charge in [-0.25, -0.2) is 0 Å². The molecule has 1 aromatic heterocycles. The number of alkyl halides is 3. The molecule has 2 fully saturated rings. The number of carbonyl (C=O) groups is 2. The molecule has 154 valence electrons. The zero-order chi connectivity index (χ0) is 20.6. The monoisotopic (exact) mass is 407 g/mol. The van der Waals surface area contributed by atoms with Gasteiger partial charge in [0.15, 0.2) is 5.76 Å². The fourth-order valence-electron chi connectivity index (χ4n) is 3.99. The minimum Gasteiger partial charge on any atom is -0.451 e. The maximum Gasteiger partial charge on any atom is 0.471 e. The van der Waals surface area contributed by atoms with Crippen LogP contribution in [0.3, 0.4) is 0 Å². The molecule has 2 bridgehead atoms. The predicted molar refractivity (Wildman–Crippen MR) is 99.2 cm³/mol. The molecule has 3 unspecified atom stereocenters. The van der Waals surface area contributed by atoms with Gasteiger partial charge in [-0.3, -0.25) is 9.59 Å². The highest BCUT2D eigenvalue weighted by Gasteiger charge is 2.38. The molecular weight excluding hydrogens is 387 g/mol. The van der Waals surface area contributed by atoms with Gasteiger partial charge in [-0.1, -0.05) is 12.1 Å². The number of nitrogens with zero attached hydrogens (tertiary/aromatic N) is 1. The Morgan fingerprint density at radius 1 is 1.14 bits per heavy atom. The van der Waals surface area contributed by atoms with Crippen molar-refractivity contribution in [1.82, 2.24) is 10.2 Å². The highest BCUT2D eigenvalue weighted by atomic mass is 19.4. The van der Waals surface area contributed by atoms with Crippen LogP contribution in [0.4, 0.5) is 18.9 Å². The van der Waals surface area contributed by atoms with Crippen molar-refractivity contribution in [3.63, 3.8) is 0 Å². The molecule has 2 aliphatic heterocycles. The fraction of sp³-hybridized carbons (Fsp3) is 0.400. The first-order valence-corrected chi connectivity index (χ1v) is 9.39. The van der Waals surface area contributed by atoms with Crippen LogP contribution in [0.2, 0.25) is 0 Å². The molecule has 0 aliphatic carbocycles. The SMILES string of the molecule is O=C(NC1CC2CCN(C2)C1)c1ccc(-c2cccc(NC(=O)C(F)(F)F)c2)o1. The Balaban J connectivity index is 1.43. The molecular formula is C20H20F3N3O3. The minimum atomic E-state index is -4.97. The van der Waals surface area contributed by atoms with Crippen molar-refractivity contribution >= 4 is 17.5 Å². The number of rotatable bonds is 4. The third-order valence-corrected chi connectivity index (χ3v) is 5.29. The second kappa shape index (κ2) is 7.55. The highest BCUT2D eigenvalue weighted by molar-refractivity contribution is 5.95. The number of hydrogen-bond acceptors (Lipinski definition) is 4. The number of nitrogens with one attached hydrogen (secondary N) is 2. The summed E-state index contributed by atoms with van der Waals surface area (Å²) >= 11 is 0. The maximum absolute atomic E-state index is 12.5. The summed E-state index contributed by atoms with van der Waals surface area (Å²) in [5.41, 5.74) is 0.435. The average molecular weight is 407 g/mol. The van der Waals surface area contributed by atoms with Crippen LogP contribution in [0.25, 0.3) is 11.3 Å². The molecule has 3 heterocycles. The number of hydrogen-bond donors (Lipinski definition) is 2. The van der Waals surface area contributed by atoms with E-state index in [1.165, 1.54) is 30.7 Å². The number of benzene rings is 1. The van der Waals surface area contributed by atoms with E-state index in [-0.39, 0.29) is 23.4 Å². The van der Waals surface area contributed by atoms with Gasteiger partial charge in [0.25, 0.3) is 5.91 Å². The quantitative estimate of drug-likeness (QED) is 0.816. The van der Waals surface area contributed by atoms with E-state index in [1.807, 2.05) is 0 Å². The summed E-state index contributed by atoms with van der Waals surface area (Å²) < 4.78 is 42.9. The molecule has 29 heavy (non-hydrogen) atoms. The number of anilines is 1. The van der Waals surface area contributed by atoms with E-state index in [2.05, 4.69) is 10.2 Å². The normalized spacial score (nSPS) is 23.6. The number of halogens is 3. The van der Waals surface area contributed by atoms with E-state index < -0.39 is 12.1 Å². The van der Waals surface area contributed by atoms with Gasteiger partial charge in [0, 0.05) is 30.4 Å². The smallest absolute Gasteiger partial charge is 0.451 e. The largest absolute Gasteiger partial charge is 0.471 e. The van der Waals surface area contributed by atoms with Crippen LogP contribution in [0.1, 0.15) is 23.4 Å². The first-order valence-electron chi connectivity index (χ1n) is 9.39. The van der Waals surface area contributed by atoms with E-state index in [9.17, 15) is 22.8 Å². The molecule has 3 atom stereocenters. The number of furan rings is 1. The van der Waals surface area contributed by atoms with Gasteiger partial charge in [-0.15, -0.1) is 0 Å². The highest BCUT2D eigenvalue weighted by Crippen LogP contribution is 2.28. The van der Waals surface area contributed by atoms with Crippen molar-refractivity contribution in [2.75, 3.05) is 25.0 Å². The molecule has 2 aromatic rings. The van der Waals surface area contributed by atoms with Gasteiger partial charge in [-0.2, -0.15) is 13.2 Å². The summed E-state index contributed by atoms with van der Waals surface area (Å²) in [5.74, 6) is -1.28. The Kier molecular flexibility index (Phi) is 5.08. The number of carbonyl (C=O) groups excluding carboxylic acids is 2. The molecule has 0 radical (unpaired) electrons. The first kappa shape index (κ1) is 19.5. The second-order valence-corrected chi connectivity index (χ2v) is 7.52. The standard InChI is InChI=1S/C20H20F3N3O3/c21-20(22,23)19(28)25-14-3-1-2-13(9-14)16-4-5-17(29-16)18(27)24-15-8-12-6-7-26(10-12)11-15/h1-5,9,12,15H,6-8,10-11H2,(H,24,27)(H,25,28). The molecule has 2 N–H and O–H groups in total. The molecule has 6 nitrogen and oxygen atoms in total. The Morgan fingerprint density at radius 3 is 2.72 bits per heavy atom. The lowest BCUT2D eigenvalue weighted by Crippen LogP contribution is -2.46. The summed E-state index contributed by atoms with van der Waals surface area (Å²) in [6, 6.07) is 9.01. The van der Waals surface area contributed by atoms with Crippen LogP contribution < -0.4 is 10.6 Å². The summed E-state index contributed by atoms with van der Waals surface area (Å²) in [4.78, 5) is 25.9. The van der Waals surface area contributed by atoms with Crippen molar-refractivity contribution in [3.8, 4) is 11.3 Å². The van der Waals surface area contributed by atoms with Crippen LogP contribution in [0.15, 0.2) is 40.8 Å². The van der Waals surface area contributed by atoms with Gasteiger partial charge < -0.3 is 20.0 Å². The Bertz CT molecular complexity index is 913. The maximum atomic E-state index is 12.5. The Labute approximate surface area is 165 Å². The van der Waals surface area contributed by atoms with Crippen molar-refractivity contribution in [2.24, 2.45) is 5.92 Å². The summed E-state index contributed by atoms with van der Waals surface area (Å²) in [6.07, 6.45) is -2.85. The van der Waals surface area contributed by atoms with Gasteiger partial charge in [0.2, 0.25) is 0 Å². The third kappa shape index (κ3) is 4.45. The van der Waals surface area contributed by atoms with Gasteiger partial charge >= 0.3 is 12.1 Å².